The average Bonchev–Trinajstić information content (AvgIpc) is 1.96. The number of halogens is 2. The van der Waals surface area contributed by atoms with Crippen molar-refractivity contribution in [3.05, 3.63) is 34.3 Å². The summed E-state index contributed by atoms with van der Waals surface area (Å²) in [4.78, 5) is 10.5. The van der Waals surface area contributed by atoms with Crippen LogP contribution in [0, 0.1) is 6.92 Å². The standard InChI is InChI=1S/C9H8Cl2O/c1-6-2-3-7(4-8(6)10)5-9(11)12/h2-4H,5H2,1H3. The Bertz CT molecular complexity index is 307. The van der Waals surface area contributed by atoms with Crippen molar-refractivity contribution in [2.45, 2.75) is 13.3 Å². The molecule has 0 radical (unpaired) electrons. The van der Waals surface area contributed by atoms with E-state index in [0.29, 0.717) is 5.02 Å². The maximum Gasteiger partial charge on any atom is 0.226 e. The Morgan fingerprint density at radius 2 is 2.17 bits per heavy atom. The highest BCUT2D eigenvalue weighted by Crippen LogP contribution is 2.17. The van der Waals surface area contributed by atoms with E-state index in [1.807, 2.05) is 19.1 Å². The van der Waals surface area contributed by atoms with E-state index in [-0.39, 0.29) is 11.7 Å². The monoisotopic (exact) mass is 202 g/mol. The summed E-state index contributed by atoms with van der Waals surface area (Å²) in [6, 6.07) is 5.48. The summed E-state index contributed by atoms with van der Waals surface area (Å²) in [5.41, 5.74) is 1.85. The van der Waals surface area contributed by atoms with E-state index in [1.54, 1.807) is 6.07 Å². The van der Waals surface area contributed by atoms with Crippen LogP contribution >= 0.6 is 23.2 Å². The largest absolute Gasteiger partial charge is 0.281 e. The summed E-state index contributed by atoms with van der Waals surface area (Å²) in [5.74, 6) is 0. The molecule has 0 aliphatic heterocycles. The lowest BCUT2D eigenvalue weighted by Crippen LogP contribution is -1.93. The second-order valence-corrected chi connectivity index (χ2v) is 3.44. The number of carbonyl (C=O) groups excluding carboxylic acids is 1. The van der Waals surface area contributed by atoms with Gasteiger partial charge >= 0.3 is 0 Å². The van der Waals surface area contributed by atoms with Crippen LogP contribution in [-0.4, -0.2) is 5.24 Å². The van der Waals surface area contributed by atoms with Crippen molar-refractivity contribution in [3.8, 4) is 0 Å². The van der Waals surface area contributed by atoms with E-state index in [2.05, 4.69) is 0 Å². The van der Waals surface area contributed by atoms with Crippen molar-refractivity contribution >= 4 is 28.4 Å². The predicted molar refractivity (Wildman–Crippen MR) is 50.8 cm³/mol. The van der Waals surface area contributed by atoms with Gasteiger partial charge in [0.1, 0.15) is 0 Å². The Morgan fingerprint density at radius 1 is 1.50 bits per heavy atom. The van der Waals surface area contributed by atoms with E-state index in [9.17, 15) is 4.79 Å². The smallest absolute Gasteiger partial charge is 0.226 e. The zero-order valence-electron chi connectivity index (χ0n) is 6.60. The normalized spacial score (nSPS) is 9.92. The molecule has 0 aromatic heterocycles. The first-order valence-electron chi connectivity index (χ1n) is 3.53. The van der Waals surface area contributed by atoms with E-state index in [4.69, 9.17) is 23.2 Å². The maximum atomic E-state index is 10.5. The molecule has 0 fully saturated rings. The van der Waals surface area contributed by atoms with Gasteiger partial charge in [-0.3, -0.25) is 4.79 Å². The molecular formula is C9H8Cl2O. The van der Waals surface area contributed by atoms with Gasteiger partial charge in [0.2, 0.25) is 5.24 Å². The Balaban J connectivity index is 2.89. The van der Waals surface area contributed by atoms with Crippen LogP contribution in [0.1, 0.15) is 11.1 Å². The van der Waals surface area contributed by atoms with Gasteiger partial charge in [-0.05, 0) is 35.7 Å². The van der Waals surface area contributed by atoms with Crippen LogP contribution < -0.4 is 0 Å². The van der Waals surface area contributed by atoms with Gasteiger partial charge in [0.05, 0.1) is 0 Å². The summed E-state index contributed by atoms with van der Waals surface area (Å²) < 4.78 is 0. The molecule has 1 aromatic rings. The van der Waals surface area contributed by atoms with Crippen molar-refractivity contribution in [3.63, 3.8) is 0 Å². The van der Waals surface area contributed by atoms with Gasteiger partial charge in [0.25, 0.3) is 0 Å². The molecule has 0 aliphatic rings. The van der Waals surface area contributed by atoms with Gasteiger partial charge in [-0.2, -0.15) is 0 Å². The van der Waals surface area contributed by atoms with Crippen LogP contribution in [0.25, 0.3) is 0 Å². The van der Waals surface area contributed by atoms with Gasteiger partial charge in [0.15, 0.2) is 0 Å². The molecule has 1 aromatic carbocycles. The molecule has 0 unspecified atom stereocenters. The highest BCUT2D eigenvalue weighted by molar-refractivity contribution is 6.63. The third-order valence-electron chi connectivity index (χ3n) is 1.58. The van der Waals surface area contributed by atoms with E-state index >= 15 is 0 Å². The first-order valence-corrected chi connectivity index (χ1v) is 4.28. The minimum Gasteiger partial charge on any atom is -0.281 e. The molecule has 0 saturated heterocycles. The third-order valence-corrected chi connectivity index (χ3v) is 2.12. The zero-order valence-corrected chi connectivity index (χ0v) is 8.12. The molecule has 1 nitrogen and oxygen atoms in total. The lowest BCUT2D eigenvalue weighted by molar-refractivity contribution is -0.111. The summed E-state index contributed by atoms with van der Waals surface area (Å²) in [5, 5.41) is 0.306. The number of rotatable bonds is 2. The molecule has 1 rings (SSSR count). The maximum absolute atomic E-state index is 10.5. The Kier molecular flexibility index (Phi) is 3.12. The van der Waals surface area contributed by atoms with E-state index < -0.39 is 0 Å². The summed E-state index contributed by atoms with van der Waals surface area (Å²) >= 11 is 11.1. The van der Waals surface area contributed by atoms with Crippen LogP contribution in [0.3, 0.4) is 0 Å². The first kappa shape index (κ1) is 9.56. The predicted octanol–water partition coefficient (Wildman–Crippen LogP) is 2.96. The molecule has 0 heterocycles. The lowest BCUT2D eigenvalue weighted by atomic mass is 10.1. The highest BCUT2D eigenvalue weighted by atomic mass is 35.5. The molecule has 12 heavy (non-hydrogen) atoms. The Labute approximate surface area is 81.3 Å². The van der Waals surface area contributed by atoms with Crippen molar-refractivity contribution in [2.24, 2.45) is 0 Å². The number of benzene rings is 1. The minimum absolute atomic E-state index is 0.238. The molecule has 0 bridgehead atoms. The SMILES string of the molecule is Cc1ccc(CC(=O)Cl)cc1Cl. The molecule has 0 amide bonds. The number of aryl methyl sites for hydroxylation is 1. The van der Waals surface area contributed by atoms with Crippen molar-refractivity contribution < 1.29 is 4.79 Å². The fraction of sp³-hybridized carbons (Fsp3) is 0.222. The number of carbonyl (C=O) groups is 1. The summed E-state index contributed by atoms with van der Waals surface area (Å²) in [6.07, 6.45) is 0.238. The van der Waals surface area contributed by atoms with Crippen LogP contribution in [0.2, 0.25) is 5.02 Å². The average molecular weight is 203 g/mol. The number of hydrogen-bond donors (Lipinski definition) is 0. The van der Waals surface area contributed by atoms with Gasteiger partial charge in [-0.1, -0.05) is 23.7 Å². The summed E-state index contributed by atoms with van der Waals surface area (Å²) in [6.45, 7) is 1.91. The van der Waals surface area contributed by atoms with Crippen molar-refractivity contribution in [1.29, 1.82) is 0 Å². The van der Waals surface area contributed by atoms with E-state index in [1.165, 1.54) is 0 Å². The topological polar surface area (TPSA) is 17.1 Å². The summed E-state index contributed by atoms with van der Waals surface area (Å²) in [7, 11) is 0. The second kappa shape index (κ2) is 3.92. The molecule has 0 N–H and O–H groups in total. The van der Waals surface area contributed by atoms with Crippen LogP contribution in [0.15, 0.2) is 18.2 Å². The van der Waals surface area contributed by atoms with Crippen LogP contribution in [0.4, 0.5) is 0 Å². The molecule has 3 heteroatoms. The molecule has 0 saturated carbocycles. The van der Waals surface area contributed by atoms with E-state index in [0.717, 1.165) is 11.1 Å². The minimum atomic E-state index is -0.366. The van der Waals surface area contributed by atoms with Gasteiger partial charge < -0.3 is 0 Å². The van der Waals surface area contributed by atoms with Gasteiger partial charge in [-0.15, -0.1) is 0 Å². The lowest BCUT2D eigenvalue weighted by Gasteiger charge is -2.00. The molecule has 0 atom stereocenters. The molecular weight excluding hydrogens is 195 g/mol. The zero-order chi connectivity index (χ0) is 9.14. The second-order valence-electron chi connectivity index (χ2n) is 2.62. The fourth-order valence-corrected chi connectivity index (χ4v) is 1.26. The Morgan fingerprint density at radius 3 is 2.67 bits per heavy atom. The van der Waals surface area contributed by atoms with Gasteiger partial charge in [0, 0.05) is 11.4 Å². The Hall–Kier alpha value is -0.530. The van der Waals surface area contributed by atoms with Crippen LogP contribution in [0.5, 0.6) is 0 Å². The third kappa shape index (κ3) is 2.50. The number of hydrogen-bond acceptors (Lipinski definition) is 1. The quantitative estimate of drug-likeness (QED) is 0.675. The molecule has 64 valence electrons. The van der Waals surface area contributed by atoms with Crippen molar-refractivity contribution in [1.82, 2.24) is 0 Å². The highest BCUT2D eigenvalue weighted by Gasteiger charge is 2.01. The van der Waals surface area contributed by atoms with Crippen LogP contribution in [-0.2, 0) is 11.2 Å². The molecule has 0 spiro atoms. The van der Waals surface area contributed by atoms with Gasteiger partial charge in [-0.25, -0.2) is 0 Å². The first-order chi connectivity index (χ1) is 5.59. The van der Waals surface area contributed by atoms with Crippen molar-refractivity contribution in [2.75, 3.05) is 0 Å². The molecule has 0 aliphatic carbocycles. The fourth-order valence-electron chi connectivity index (χ4n) is 0.907.